The zero-order valence-corrected chi connectivity index (χ0v) is 9.89. The van der Waals surface area contributed by atoms with Crippen molar-refractivity contribution in [2.24, 2.45) is 0 Å². The molecule has 0 bridgehead atoms. The Balaban J connectivity index is -0.000000142. The van der Waals surface area contributed by atoms with Gasteiger partial charge in [0.2, 0.25) is 0 Å². The molecule has 2 nitrogen and oxygen atoms in total. The van der Waals surface area contributed by atoms with E-state index >= 15 is 0 Å². The van der Waals surface area contributed by atoms with Gasteiger partial charge < -0.3 is 9.90 Å². The van der Waals surface area contributed by atoms with Gasteiger partial charge in [0.25, 0.3) is 0 Å². The average Bonchev–Trinajstić information content (AvgIpc) is 2.08. The fourth-order valence-corrected chi connectivity index (χ4v) is 0.677. The van der Waals surface area contributed by atoms with Gasteiger partial charge in [0.05, 0.1) is 0 Å². The zero-order chi connectivity index (χ0) is 11.1. The minimum atomic E-state index is 0.167. The standard InChI is InChI=1S/C7H16.C3H6O.CH4O/c1-3-5-7-6-4-2;1-3(2)4;1-2/h3-7H2,1-2H3;1-2H3;2H,1H3. The van der Waals surface area contributed by atoms with Crippen molar-refractivity contribution in [1.29, 1.82) is 0 Å². The number of carbonyl (C=O) groups is 1. The van der Waals surface area contributed by atoms with Gasteiger partial charge in [-0.25, -0.2) is 0 Å². The lowest BCUT2D eigenvalue weighted by molar-refractivity contribution is -0.114. The van der Waals surface area contributed by atoms with E-state index in [0.29, 0.717) is 0 Å². The van der Waals surface area contributed by atoms with E-state index < -0.39 is 0 Å². The summed E-state index contributed by atoms with van der Waals surface area (Å²) in [5.74, 6) is 0.167. The van der Waals surface area contributed by atoms with Crippen LogP contribution in [0.2, 0.25) is 0 Å². The molecule has 2 heteroatoms. The first-order chi connectivity index (χ1) is 6.15. The number of Topliss-reactive ketones (excluding diaryl/α,β-unsaturated/α-hetero) is 1. The Hall–Kier alpha value is -0.370. The molecule has 0 aromatic heterocycles. The Morgan fingerprint density at radius 2 is 1.15 bits per heavy atom. The number of aliphatic hydroxyl groups is 1. The lowest BCUT2D eigenvalue weighted by atomic mass is 10.2. The second-order valence-corrected chi connectivity index (χ2v) is 2.97. The summed E-state index contributed by atoms with van der Waals surface area (Å²) >= 11 is 0. The van der Waals surface area contributed by atoms with E-state index in [-0.39, 0.29) is 5.78 Å². The fourth-order valence-electron chi connectivity index (χ4n) is 0.677. The molecule has 0 fully saturated rings. The number of ketones is 1. The van der Waals surface area contributed by atoms with Crippen LogP contribution in [-0.4, -0.2) is 18.0 Å². The molecule has 0 atom stereocenters. The highest BCUT2D eigenvalue weighted by molar-refractivity contribution is 5.72. The number of rotatable bonds is 4. The maximum absolute atomic E-state index is 9.44. The SMILES string of the molecule is CC(C)=O.CCCCCCC.CO. The minimum Gasteiger partial charge on any atom is -0.400 e. The Bertz CT molecular complexity index is 72.2. The van der Waals surface area contributed by atoms with Gasteiger partial charge in [-0.05, 0) is 13.8 Å². The van der Waals surface area contributed by atoms with Gasteiger partial charge in [-0.3, -0.25) is 0 Å². The topological polar surface area (TPSA) is 37.3 Å². The van der Waals surface area contributed by atoms with E-state index in [0.717, 1.165) is 7.11 Å². The van der Waals surface area contributed by atoms with Crippen molar-refractivity contribution in [3.63, 3.8) is 0 Å². The van der Waals surface area contributed by atoms with E-state index in [1.54, 1.807) is 0 Å². The molecule has 1 N–H and O–H groups in total. The third-order valence-electron chi connectivity index (χ3n) is 1.21. The molecule has 13 heavy (non-hydrogen) atoms. The van der Waals surface area contributed by atoms with Crippen LogP contribution in [0.4, 0.5) is 0 Å². The number of aliphatic hydroxyl groups excluding tert-OH is 1. The maximum atomic E-state index is 9.44. The van der Waals surface area contributed by atoms with Crippen LogP contribution in [0.3, 0.4) is 0 Å². The summed E-state index contributed by atoms with van der Waals surface area (Å²) in [5.41, 5.74) is 0. The minimum absolute atomic E-state index is 0.167. The number of unbranched alkanes of at least 4 members (excludes halogenated alkanes) is 4. The quantitative estimate of drug-likeness (QED) is 0.691. The molecular formula is C11H26O2. The molecule has 0 saturated heterocycles. The average molecular weight is 190 g/mol. The van der Waals surface area contributed by atoms with Gasteiger partial charge in [-0.1, -0.05) is 46.0 Å². The highest BCUT2D eigenvalue weighted by Crippen LogP contribution is 2.00. The Kier molecular flexibility index (Phi) is 32.0. The maximum Gasteiger partial charge on any atom is 0.126 e. The molecule has 0 aliphatic rings. The predicted molar refractivity (Wildman–Crippen MR) is 58.9 cm³/mol. The fraction of sp³-hybridized carbons (Fsp3) is 0.909. The van der Waals surface area contributed by atoms with E-state index in [2.05, 4.69) is 13.8 Å². The normalized spacial score (nSPS) is 7.54. The third-order valence-corrected chi connectivity index (χ3v) is 1.21. The second-order valence-electron chi connectivity index (χ2n) is 2.97. The number of carbonyl (C=O) groups excluding carboxylic acids is 1. The first-order valence-corrected chi connectivity index (χ1v) is 5.07. The monoisotopic (exact) mass is 190 g/mol. The van der Waals surface area contributed by atoms with Gasteiger partial charge in [0.15, 0.2) is 0 Å². The van der Waals surface area contributed by atoms with Crippen LogP contribution in [0.5, 0.6) is 0 Å². The van der Waals surface area contributed by atoms with Crippen molar-refractivity contribution < 1.29 is 9.90 Å². The molecule has 0 aliphatic carbocycles. The lowest BCUT2D eigenvalue weighted by Gasteiger charge is -1.90. The molecule has 0 saturated carbocycles. The summed E-state index contributed by atoms with van der Waals surface area (Å²) in [4.78, 5) is 9.44. The number of hydrogen-bond donors (Lipinski definition) is 1. The van der Waals surface area contributed by atoms with Gasteiger partial charge in [-0.15, -0.1) is 0 Å². The molecule has 0 radical (unpaired) electrons. The molecule has 0 aliphatic heterocycles. The highest BCUT2D eigenvalue weighted by Gasteiger charge is 1.80. The first kappa shape index (κ1) is 18.4. The van der Waals surface area contributed by atoms with Crippen LogP contribution in [0, 0.1) is 0 Å². The van der Waals surface area contributed by atoms with Crippen LogP contribution in [-0.2, 0) is 4.79 Å². The van der Waals surface area contributed by atoms with Gasteiger partial charge >= 0.3 is 0 Å². The molecule has 0 aromatic rings. The van der Waals surface area contributed by atoms with Crippen LogP contribution < -0.4 is 0 Å². The van der Waals surface area contributed by atoms with Crippen molar-refractivity contribution in [3.05, 3.63) is 0 Å². The van der Waals surface area contributed by atoms with Gasteiger partial charge in [-0.2, -0.15) is 0 Å². The van der Waals surface area contributed by atoms with Crippen molar-refractivity contribution in [2.45, 2.75) is 59.8 Å². The largest absolute Gasteiger partial charge is 0.400 e. The second kappa shape index (κ2) is 22.6. The van der Waals surface area contributed by atoms with E-state index in [4.69, 9.17) is 5.11 Å². The van der Waals surface area contributed by atoms with Crippen molar-refractivity contribution >= 4 is 5.78 Å². The van der Waals surface area contributed by atoms with Gasteiger partial charge in [0.1, 0.15) is 5.78 Å². The third kappa shape index (κ3) is 81.9. The molecule has 82 valence electrons. The predicted octanol–water partition coefficient (Wildman–Crippen LogP) is 3.18. The molecule has 0 spiro atoms. The molecule has 0 unspecified atom stereocenters. The van der Waals surface area contributed by atoms with E-state index in [9.17, 15) is 4.79 Å². The Morgan fingerprint density at radius 1 is 0.923 bits per heavy atom. The highest BCUT2D eigenvalue weighted by atomic mass is 16.2. The summed E-state index contributed by atoms with van der Waals surface area (Å²) in [6, 6.07) is 0. The Labute approximate surface area is 83.4 Å². The smallest absolute Gasteiger partial charge is 0.126 e. The summed E-state index contributed by atoms with van der Waals surface area (Å²) in [5, 5.41) is 7.00. The van der Waals surface area contributed by atoms with Gasteiger partial charge in [0, 0.05) is 7.11 Å². The van der Waals surface area contributed by atoms with Crippen molar-refractivity contribution in [3.8, 4) is 0 Å². The summed E-state index contributed by atoms with van der Waals surface area (Å²) in [7, 11) is 1.00. The zero-order valence-electron chi connectivity index (χ0n) is 9.89. The lowest BCUT2D eigenvalue weighted by Crippen LogP contribution is -1.70. The molecular weight excluding hydrogens is 164 g/mol. The molecule has 0 rings (SSSR count). The molecule has 0 amide bonds. The van der Waals surface area contributed by atoms with E-state index in [1.165, 1.54) is 46.0 Å². The number of hydrogen-bond acceptors (Lipinski definition) is 2. The first-order valence-electron chi connectivity index (χ1n) is 5.07. The van der Waals surface area contributed by atoms with Crippen LogP contribution in [0.15, 0.2) is 0 Å². The summed E-state index contributed by atoms with van der Waals surface area (Å²) in [6.45, 7) is 7.55. The van der Waals surface area contributed by atoms with Crippen LogP contribution in [0.25, 0.3) is 0 Å². The molecule has 0 heterocycles. The summed E-state index contributed by atoms with van der Waals surface area (Å²) < 4.78 is 0. The van der Waals surface area contributed by atoms with Crippen LogP contribution >= 0.6 is 0 Å². The summed E-state index contributed by atoms with van der Waals surface area (Å²) in [6.07, 6.45) is 7.01. The Morgan fingerprint density at radius 3 is 1.31 bits per heavy atom. The van der Waals surface area contributed by atoms with Crippen molar-refractivity contribution in [2.75, 3.05) is 7.11 Å². The van der Waals surface area contributed by atoms with E-state index in [1.807, 2.05) is 0 Å². The van der Waals surface area contributed by atoms with Crippen molar-refractivity contribution in [1.82, 2.24) is 0 Å². The van der Waals surface area contributed by atoms with Crippen LogP contribution in [0.1, 0.15) is 59.8 Å². The molecule has 0 aromatic carbocycles.